The standard InChI is InChI=1S/C38H66O6/c1-3-5-6-7-8-9-10-16-20-23-26-29-32-38(42)44-36(33-39)34-43-37(41)31-28-25-22-19-17-14-12-11-13-15-18-21-24-27-30-35(40)4-2/h12-15,19,21-22,24,35-36,39-40H,3-11,16-18,20,23,25-34H2,1-2H3/b14-12-,15-13-,22-19-,24-21-/t35-,36-/m0/s1. The number of unbranched alkanes of at least 4 members (excludes halogenated alkanes) is 12. The van der Waals surface area contributed by atoms with Gasteiger partial charge in [-0.2, -0.15) is 0 Å². The quantitative estimate of drug-likeness (QED) is 0.0456. The molecule has 2 N–H and O–H groups in total. The van der Waals surface area contributed by atoms with Crippen LogP contribution in [0.4, 0.5) is 0 Å². The minimum Gasteiger partial charge on any atom is -0.462 e. The first-order valence-corrected chi connectivity index (χ1v) is 17.8. The Bertz CT molecular complexity index is 769. The van der Waals surface area contributed by atoms with Crippen LogP contribution in [0.5, 0.6) is 0 Å². The van der Waals surface area contributed by atoms with E-state index in [1.165, 1.54) is 57.8 Å². The molecule has 0 rings (SSSR count). The van der Waals surface area contributed by atoms with Gasteiger partial charge in [0, 0.05) is 12.8 Å². The summed E-state index contributed by atoms with van der Waals surface area (Å²) in [5, 5.41) is 19.0. The molecule has 0 heterocycles. The Hall–Kier alpha value is -2.18. The van der Waals surface area contributed by atoms with Gasteiger partial charge >= 0.3 is 11.9 Å². The van der Waals surface area contributed by atoms with Crippen molar-refractivity contribution in [2.45, 2.75) is 167 Å². The zero-order chi connectivity index (χ0) is 32.4. The number of allylic oxidation sites excluding steroid dienone is 8. The van der Waals surface area contributed by atoms with Gasteiger partial charge in [-0.05, 0) is 57.8 Å². The van der Waals surface area contributed by atoms with Gasteiger partial charge in [0.1, 0.15) is 6.61 Å². The first kappa shape index (κ1) is 41.8. The van der Waals surface area contributed by atoms with E-state index in [9.17, 15) is 19.8 Å². The van der Waals surface area contributed by atoms with Gasteiger partial charge in [-0.3, -0.25) is 9.59 Å². The van der Waals surface area contributed by atoms with Crippen LogP contribution in [0.1, 0.15) is 155 Å². The van der Waals surface area contributed by atoms with E-state index in [1.54, 1.807) is 0 Å². The number of hydrogen-bond donors (Lipinski definition) is 2. The molecule has 44 heavy (non-hydrogen) atoms. The highest BCUT2D eigenvalue weighted by Crippen LogP contribution is 2.13. The number of rotatable bonds is 31. The van der Waals surface area contributed by atoms with Crippen molar-refractivity contribution in [3.05, 3.63) is 48.6 Å². The molecular formula is C38H66O6. The number of aliphatic hydroxyl groups excluding tert-OH is 2. The summed E-state index contributed by atoms with van der Waals surface area (Å²) in [5.41, 5.74) is 0. The topological polar surface area (TPSA) is 93.1 Å². The van der Waals surface area contributed by atoms with Gasteiger partial charge in [0.2, 0.25) is 0 Å². The molecule has 0 radical (unpaired) electrons. The second-order valence-electron chi connectivity index (χ2n) is 11.7. The molecule has 6 nitrogen and oxygen atoms in total. The van der Waals surface area contributed by atoms with Crippen molar-refractivity contribution < 1.29 is 29.3 Å². The van der Waals surface area contributed by atoms with E-state index in [-0.39, 0.29) is 31.3 Å². The Morgan fingerprint density at radius 3 is 1.61 bits per heavy atom. The fraction of sp³-hybridized carbons (Fsp3) is 0.737. The summed E-state index contributed by atoms with van der Waals surface area (Å²) in [4.78, 5) is 24.1. The first-order chi connectivity index (χ1) is 21.5. The Morgan fingerprint density at radius 1 is 0.614 bits per heavy atom. The van der Waals surface area contributed by atoms with E-state index in [0.29, 0.717) is 19.3 Å². The third kappa shape index (κ3) is 31.3. The van der Waals surface area contributed by atoms with Crippen LogP contribution in [0.3, 0.4) is 0 Å². The fourth-order valence-electron chi connectivity index (χ4n) is 4.64. The van der Waals surface area contributed by atoms with Crippen LogP contribution in [0.25, 0.3) is 0 Å². The minimum atomic E-state index is -0.799. The van der Waals surface area contributed by atoms with Crippen molar-refractivity contribution in [3.63, 3.8) is 0 Å². The van der Waals surface area contributed by atoms with Crippen molar-refractivity contribution in [3.8, 4) is 0 Å². The molecule has 0 aliphatic carbocycles. The van der Waals surface area contributed by atoms with Gasteiger partial charge in [-0.1, -0.05) is 133 Å². The molecule has 254 valence electrons. The van der Waals surface area contributed by atoms with Crippen molar-refractivity contribution in [2.75, 3.05) is 13.2 Å². The molecule has 0 aromatic rings. The van der Waals surface area contributed by atoms with Gasteiger partial charge < -0.3 is 19.7 Å². The Balaban J connectivity index is 3.71. The first-order valence-electron chi connectivity index (χ1n) is 17.8. The number of carbonyl (C=O) groups excluding carboxylic acids is 2. The highest BCUT2D eigenvalue weighted by molar-refractivity contribution is 5.70. The van der Waals surface area contributed by atoms with E-state index >= 15 is 0 Å². The summed E-state index contributed by atoms with van der Waals surface area (Å²) in [6.45, 7) is 3.79. The van der Waals surface area contributed by atoms with Crippen molar-refractivity contribution in [2.24, 2.45) is 0 Å². The van der Waals surface area contributed by atoms with Crippen LogP contribution >= 0.6 is 0 Å². The number of hydrogen-bond acceptors (Lipinski definition) is 6. The molecule has 0 amide bonds. The van der Waals surface area contributed by atoms with Crippen molar-refractivity contribution in [1.82, 2.24) is 0 Å². The van der Waals surface area contributed by atoms with E-state index in [4.69, 9.17) is 9.47 Å². The summed E-state index contributed by atoms with van der Waals surface area (Å²) in [7, 11) is 0. The largest absolute Gasteiger partial charge is 0.462 e. The molecule has 0 aliphatic heterocycles. The van der Waals surface area contributed by atoms with Gasteiger partial charge in [0.25, 0.3) is 0 Å². The molecule has 0 aromatic heterocycles. The third-order valence-corrected chi connectivity index (χ3v) is 7.54. The summed E-state index contributed by atoms with van der Waals surface area (Å²) >= 11 is 0. The average Bonchev–Trinajstić information content (AvgIpc) is 3.03. The molecule has 0 aromatic carbocycles. The molecular weight excluding hydrogens is 552 g/mol. The van der Waals surface area contributed by atoms with E-state index in [2.05, 4.69) is 55.5 Å². The summed E-state index contributed by atoms with van der Waals surface area (Å²) in [5.74, 6) is -0.677. The van der Waals surface area contributed by atoms with Crippen LogP contribution in [0, 0.1) is 0 Å². The molecule has 0 unspecified atom stereocenters. The zero-order valence-corrected chi connectivity index (χ0v) is 28.3. The van der Waals surface area contributed by atoms with E-state index in [1.807, 2.05) is 6.92 Å². The van der Waals surface area contributed by atoms with Gasteiger partial charge in [-0.25, -0.2) is 0 Å². The molecule has 0 aliphatic rings. The molecule has 0 fully saturated rings. The molecule has 0 saturated carbocycles. The van der Waals surface area contributed by atoms with Crippen LogP contribution in [-0.4, -0.2) is 47.6 Å². The predicted molar refractivity (Wildman–Crippen MR) is 183 cm³/mol. The van der Waals surface area contributed by atoms with Crippen molar-refractivity contribution >= 4 is 11.9 Å². The second kappa shape index (κ2) is 33.7. The van der Waals surface area contributed by atoms with E-state index in [0.717, 1.165) is 64.2 Å². The highest BCUT2D eigenvalue weighted by Gasteiger charge is 2.16. The summed E-state index contributed by atoms with van der Waals surface area (Å²) < 4.78 is 10.5. The maximum absolute atomic E-state index is 12.1. The SMILES string of the molecule is CCCCCCCCCCCCCCC(=O)O[C@@H](CO)COC(=O)CCC/C=C\C/C=C\C/C=C\C/C=C\CC[C@@H](O)CC. The van der Waals surface area contributed by atoms with Crippen LogP contribution in [0.15, 0.2) is 48.6 Å². The van der Waals surface area contributed by atoms with Gasteiger partial charge in [-0.15, -0.1) is 0 Å². The summed E-state index contributed by atoms with van der Waals surface area (Å²) in [6.07, 6.45) is 38.3. The molecule has 0 saturated heterocycles. The number of ether oxygens (including phenoxy) is 2. The lowest BCUT2D eigenvalue weighted by Gasteiger charge is -2.15. The van der Waals surface area contributed by atoms with Crippen molar-refractivity contribution in [1.29, 1.82) is 0 Å². The van der Waals surface area contributed by atoms with Gasteiger partial charge in [0.15, 0.2) is 6.10 Å². The van der Waals surface area contributed by atoms with Gasteiger partial charge in [0.05, 0.1) is 12.7 Å². The maximum Gasteiger partial charge on any atom is 0.306 e. The minimum absolute atomic E-state index is 0.103. The number of carbonyl (C=O) groups is 2. The third-order valence-electron chi connectivity index (χ3n) is 7.54. The highest BCUT2D eigenvalue weighted by atomic mass is 16.6. The van der Waals surface area contributed by atoms with Crippen LogP contribution in [0.2, 0.25) is 0 Å². The fourth-order valence-corrected chi connectivity index (χ4v) is 4.64. The monoisotopic (exact) mass is 618 g/mol. The number of esters is 2. The van der Waals surface area contributed by atoms with Crippen LogP contribution < -0.4 is 0 Å². The van der Waals surface area contributed by atoms with E-state index < -0.39 is 6.10 Å². The molecule has 6 heteroatoms. The average molecular weight is 619 g/mol. The smallest absolute Gasteiger partial charge is 0.306 e. The van der Waals surface area contributed by atoms with Crippen LogP contribution in [-0.2, 0) is 19.1 Å². The lowest BCUT2D eigenvalue weighted by atomic mass is 10.0. The molecule has 0 bridgehead atoms. The predicted octanol–water partition coefficient (Wildman–Crippen LogP) is 9.64. The Labute approximate surface area is 270 Å². The lowest BCUT2D eigenvalue weighted by Crippen LogP contribution is -2.28. The molecule has 0 spiro atoms. The normalized spacial score (nSPS) is 13.5. The Kier molecular flexibility index (Phi) is 32.0. The second-order valence-corrected chi connectivity index (χ2v) is 11.7. The molecule has 2 atom stereocenters. The Morgan fingerprint density at radius 2 is 1.09 bits per heavy atom. The maximum atomic E-state index is 12.1. The lowest BCUT2D eigenvalue weighted by molar-refractivity contribution is -0.161. The zero-order valence-electron chi connectivity index (χ0n) is 28.3. The number of aliphatic hydroxyl groups is 2. The summed E-state index contributed by atoms with van der Waals surface area (Å²) in [6, 6.07) is 0.